The van der Waals surface area contributed by atoms with E-state index in [-0.39, 0.29) is 42.4 Å². The van der Waals surface area contributed by atoms with Gasteiger partial charge in [-0.2, -0.15) is 0 Å². The van der Waals surface area contributed by atoms with Crippen molar-refractivity contribution >= 4 is 32.7 Å². The summed E-state index contributed by atoms with van der Waals surface area (Å²) in [5.74, 6) is 1.43. The molecule has 1 aromatic heterocycles. The van der Waals surface area contributed by atoms with E-state index < -0.39 is 32.9 Å². The minimum Gasteiger partial charge on any atom is -0.492 e. The van der Waals surface area contributed by atoms with Crippen molar-refractivity contribution in [1.82, 2.24) is 14.5 Å². The molecule has 4 aliphatic carbocycles. The van der Waals surface area contributed by atoms with Gasteiger partial charge in [0, 0.05) is 6.42 Å². The Kier molecular flexibility index (Phi) is 5.72. The third kappa shape index (κ3) is 4.16. The highest BCUT2D eigenvalue weighted by atomic mass is 32.2. The van der Waals surface area contributed by atoms with Crippen LogP contribution in [0.1, 0.15) is 63.2 Å². The number of hydrogen-bond donors (Lipinski definition) is 1. The normalized spacial score (nSPS) is 31.4. The zero-order chi connectivity index (χ0) is 26.1. The van der Waals surface area contributed by atoms with Gasteiger partial charge in [0.05, 0.1) is 16.8 Å². The molecule has 1 unspecified atom stereocenters. The van der Waals surface area contributed by atoms with Gasteiger partial charge >= 0.3 is 0 Å². The second kappa shape index (κ2) is 8.62. The third-order valence-electron chi connectivity index (χ3n) is 8.87. The van der Waals surface area contributed by atoms with Crippen LogP contribution < -0.4 is 15.4 Å². The van der Waals surface area contributed by atoms with Gasteiger partial charge < -0.3 is 4.74 Å². The van der Waals surface area contributed by atoms with Gasteiger partial charge in [0.1, 0.15) is 29.6 Å². The molecule has 2 heterocycles. The van der Waals surface area contributed by atoms with E-state index >= 15 is 0 Å². The van der Waals surface area contributed by atoms with E-state index in [1.54, 1.807) is 30.0 Å². The quantitative estimate of drug-likeness (QED) is 0.566. The summed E-state index contributed by atoms with van der Waals surface area (Å²) in [6, 6.07) is 4.09. The molecule has 1 aromatic carbocycles. The smallest absolute Gasteiger partial charge is 0.265 e. The Morgan fingerprint density at radius 2 is 1.73 bits per heavy atom. The molecule has 1 aliphatic heterocycles. The number of carbonyl (C=O) groups is 2. The number of carbonyl (C=O) groups excluding carboxylic acids is 2. The lowest BCUT2D eigenvalue weighted by molar-refractivity contribution is -0.171. The Bertz CT molecular complexity index is 1430. The Hall–Kier alpha value is -2.79. The minimum absolute atomic E-state index is 0.130. The number of amides is 2. The molecule has 10 nitrogen and oxygen atoms in total. The summed E-state index contributed by atoms with van der Waals surface area (Å²) in [6.07, 6.45) is 6.64. The fourth-order valence-electron chi connectivity index (χ4n) is 7.92. The second-order valence-electron chi connectivity index (χ2n) is 11.5. The first-order valence-corrected chi connectivity index (χ1v) is 14.8. The van der Waals surface area contributed by atoms with Gasteiger partial charge in [-0.3, -0.25) is 23.9 Å². The monoisotopic (exact) mass is 528 g/mol. The molecule has 37 heavy (non-hydrogen) atoms. The summed E-state index contributed by atoms with van der Waals surface area (Å²) in [5, 5.41) is 5.25. The predicted octanol–water partition coefficient (Wildman–Crippen LogP) is 2.03. The number of ether oxygens (including phenoxy) is 1. The number of piperidine rings is 1. The lowest BCUT2D eigenvalue weighted by Gasteiger charge is -2.60. The second-order valence-corrected chi connectivity index (χ2v) is 13.2. The Morgan fingerprint density at radius 1 is 1.08 bits per heavy atom. The zero-order valence-electron chi connectivity index (χ0n) is 20.9. The number of aromatic nitrogens is 2. The van der Waals surface area contributed by atoms with Crippen LogP contribution in [0.25, 0.3) is 10.9 Å². The molecule has 0 spiro atoms. The van der Waals surface area contributed by atoms with Gasteiger partial charge in [-0.05, 0) is 81.8 Å². The number of imide groups is 1. The summed E-state index contributed by atoms with van der Waals surface area (Å²) < 4.78 is 29.7. The zero-order valence-corrected chi connectivity index (χ0v) is 21.7. The van der Waals surface area contributed by atoms with Crippen LogP contribution in [-0.2, 0) is 19.6 Å². The molecular weight excluding hydrogens is 496 g/mol. The summed E-state index contributed by atoms with van der Waals surface area (Å²) in [5.41, 5.74) is -0.471. The number of sulfonamides is 1. The number of nitrogens with zero attached hydrogens (tertiary/aromatic N) is 3. The lowest BCUT2D eigenvalue weighted by Crippen LogP contribution is -2.65. The molecule has 0 radical (unpaired) electrons. The lowest BCUT2D eigenvalue weighted by atomic mass is 9.52. The molecule has 1 atom stereocenters. The van der Waals surface area contributed by atoms with Crippen molar-refractivity contribution in [3.63, 3.8) is 0 Å². The predicted molar refractivity (Wildman–Crippen MR) is 135 cm³/mol. The molecule has 2 amide bonds. The van der Waals surface area contributed by atoms with E-state index in [0.717, 1.165) is 19.3 Å². The van der Waals surface area contributed by atoms with Crippen LogP contribution in [0.5, 0.6) is 5.75 Å². The number of benzene rings is 1. The van der Waals surface area contributed by atoms with Crippen molar-refractivity contribution in [2.24, 2.45) is 22.9 Å². The topological polar surface area (TPSA) is 142 Å². The summed E-state index contributed by atoms with van der Waals surface area (Å²) in [7, 11) is -3.73. The fourth-order valence-corrected chi connectivity index (χ4v) is 8.24. The van der Waals surface area contributed by atoms with Gasteiger partial charge in [-0.15, -0.1) is 0 Å². The van der Waals surface area contributed by atoms with Crippen LogP contribution in [0.15, 0.2) is 23.0 Å². The van der Waals surface area contributed by atoms with Crippen molar-refractivity contribution in [1.29, 1.82) is 0 Å². The number of hydrogen-bond acceptors (Lipinski definition) is 7. The Balaban J connectivity index is 1.38. The minimum atomic E-state index is -3.73. The first-order chi connectivity index (χ1) is 17.5. The van der Waals surface area contributed by atoms with Gasteiger partial charge in [-0.25, -0.2) is 18.5 Å². The number of likely N-dealkylation sites (tertiary alicyclic amines) is 1. The SMILES string of the molecule is Cc1nc2cccc(OCCS(N)(=O)=O)c2c(=O)n1C1CCC(=O)N(C23CC4CC(CC(C4)C2)C3)C1=O. The fraction of sp³-hybridized carbons (Fsp3) is 0.615. The standard InChI is InChI=1S/C26H32N4O6S/c1-15-28-19-3-2-4-21(36-7-8-37(27,34)35)23(19)25(33)29(15)20-5-6-22(31)30(24(20)32)26-12-16-9-17(13-26)11-18(10-16)14-26/h2-4,16-18,20H,5-14H2,1H3,(H2,27,34,35). The molecule has 11 heteroatoms. The first-order valence-electron chi connectivity index (χ1n) is 13.1. The van der Waals surface area contributed by atoms with Gasteiger partial charge in [0.25, 0.3) is 11.5 Å². The van der Waals surface area contributed by atoms with Crippen LogP contribution in [0.4, 0.5) is 0 Å². The van der Waals surface area contributed by atoms with E-state index in [2.05, 4.69) is 4.98 Å². The Labute approximate surface area is 215 Å². The maximum atomic E-state index is 14.1. The molecule has 4 bridgehead atoms. The van der Waals surface area contributed by atoms with Crippen LogP contribution in [-0.4, -0.2) is 52.6 Å². The van der Waals surface area contributed by atoms with Crippen molar-refractivity contribution < 1.29 is 22.7 Å². The largest absolute Gasteiger partial charge is 0.492 e. The molecule has 4 saturated carbocycles. The maximum absolute atomic E-state index is 14.1. The van der Waals surface area contributed by atoms with Crippen LogP contribution in [0.2, 0.25) is 0 Å². The molecule has 2 N–H and O–H groups in total. The van der Waals surface area contributed by atoms with E-state index in [1.807, 2.05) is 0 Å². The maximum Gasteiger partial charge on any atom is 0.265 e. The summed E-state index contributed by atoms with van der Waals surface area (Å²) >= 11 is 0. The van der Waals surface area contributed by atoms with E-state index in [0.29, 0.717) is 29.1 Å². The van der Waals surface area contributed by atoms with Gasteiger partial charge in [0.15, 0.2) is 0 Å². The number of rotatable bonds is 6. The molecule has 7 rings (SSSR count). The molecular formula is C26H32N4O6S. The van der Waals surface area contributed by atoms with Crippen molar-refractivity contribution in [3.05, 3.63) is 34.4 Å². The summed E-state index contributed by atoms with van der Waals surface area (Å²) in [6.45, 7) is 1.47. The first kappa shape index (κ1) is 24.5. The molecule has 5 fully saturated rings. The number of nitrogens with two attached hydrogens (primary N) is 1. The molecule has 198 valence electrons. The third-order valence-corrected chi connectivity index (χ3v) is 9.61. The molecule has 1 saturated heterocycles. The molecule has 2 aromatic rings. The average Bonchev–Trinajstić information content (AvgIpc) is 2.78. The molecule has 5 aliphatic rings. The number of primary sulfonamides is 1. The van der Waals surface area contributed by atoms with Crippen molar-refractivity contribution in [3.8, 4) is 5.75 Å². The van der Waals surface area contributed by atoms with E-state index in [4.69, 9.17) is 9.88 Å². The highest BCUT2D eigenvalue weighted by Crippen LogP contribution is 2.58. The van der Waals surface area contributed by atoms with E-state index in [9.17, 15) is 22.8 Å². The van der Waals surface area contributed by atoms with E-state index in [1.165, 1.54) is 23.8 Å². The van der Waals surface area contributed by atoms with Crippen molar-refractivity contribution in [2.45, 2.75) is 69.9 Å². The van der Waals surface area contributed by atoms with Crippen molar-refractivity contribution in [2.75, 3.05) is 12.4 Å². The van der Waals surface area contributed by atoms with Gasteiger partial charge in [0.2, 0.25) is 15.9 Å². The highest BCUT2D eigenvalue weighted by Gasteiger charge is 2.58. The summed E-state index contributed by atoms with van der Waals surface area (Å²) in [4.78, 5) is 47.3. The van der Waals surface area contributed by atoms with Crippen LogP contribution >= 0.6 is 0 Å². The number of aryl methyl sites for hydroxylation is 1. The number of fused-ring (bicyclic) bond motifs is 1. The average molecular weight is 529 g/mol. The highest BCUT2D eigenvalue weighted by molar-refractivity contribution is 7.89. The van der Waals surface area contributed by atoms with Crippen LogP contribution in [0, 0.1) is 24.7 Å². The van der Waals surface area contributed by atoms with Crippen LogP contribution in [0.3, 0.4) is 0 Å². The van der Waals surface area contributed by atoms with Gasteiger partial charge in [-0.1, -0.05) is 6.07 Å². The Morgan fingerprint density at radius 3 is 2.35 bits per heavy atom.